The van der Waals surface area contributed by atoms with Crippen molar-refractivity contribution in [2.45, 2.75) is 25.1 Å². The Balaban J connectivity index is 1.57. The lowest BCUT2D eigenvalue weighted by atomic mass is 9.93. The molecule has 0 saturated carbocycles. The van der Waals surface area contributed by atoms with Crippen LogP contribution in [-0.4, -0.2) is 18.0 Å². The van der Waals surface area contributed by atoms with Crippen molar-refractivity contribution in [1.82, 2.24) is 10.4 Å². The van der Waals surface area contributed by atoms with Crippen molar-refractivity contribution in [2.75, 3.05) is 12.4 Å². The quantitative estimate of drug-likeness (QED) is 0.576. The third kappa shape index (κ3) is 2.81. The molecule has 0 fully saturated rings. The van der Waals surface area contributed by atoms with E-state index in [9.17, 15) is 4.79 Å². The largest absolute Gasteiger partial charge is 0.493 e. The maximum Gasteiger partial charge on any atom is 0.291 e. The fourth-order valence-electron chi connectivity index (χ4n) is 4.87. The summed E-state index contributed by atoms with van der Waals surface area (Å²) in [4.78, 5) is 13.6. The molecule has 7 heteroatoms. The van der Waals surface area contributed by atoms with Crippen LogP contribution in [0.5, 0.6) is 11.5 Å². The second-order valence-corrected chi connectivity index (χ2v) is 8.76. The van der Waals surface area contributed by atoms with Crippen LogP contribution in [0, 0.1) is 0 Å². The molecule has 166 valence electrons. The summed E-state index contributed by atoms with van der Waals surface area (Å²) >= 11 is 6.11. The first kappa shape index (κ1) is 20.1. The van der Waals surface area contributed by atoms with Gasteiger partial charge in [-0.2, -0.15) is 5.01 Å². The molecule has 2 N–H and O–H groups in total. The molecule has 33 heavy (non-hydrogen) atoms. The van der Waals surface area contributed by atoms with E-state index < -0.39 is 5.72 Å². The van der Waals surface area contributed by atoms with Crippen LogP contribution in [0.4, 0.5) is 5.69 Å². The van der Waals surface area contributed by atoms with Crippen LogP contribution in [0.3, 0.4) is 0 Å². The Morgan fingerprint density at radius 3 is 2.73 bits per heavy atom. The van der Waals surface area contributed by atoms with Crippen LogP contribution in [-0.2, 0) is 16.9 Å². The minimum atomic E-state index is -1.39. The van der Waals surface area contributed by atoms with E-state index in [1.165, 1.54) is 0 Å². The average Bonchev–Trinajstić information content (AvgIpc) is 3.40. The maximum atomic E-state index is 13.6. The molecule has 1 spiro atoms. The predicted molar refractivity (Wildman–Crippen MR) is 127 cm³/mol. The molecule has 0 radical (unpaired) electrons. The zero-order valence-corrected chi connectivity index (χ0v) is 18.9. The number of nitrogens with one attached hydrogen (secondary N) is 2. The fraction of sp³-hybridized carbons (Fsp3) is 0.192. The molecule has 2 atom stereocenters. The highest BCUT2D eigenvalue weighted by atomic mass is 35.5. The van der Waals surface area contributed by atoms with Gasteiger partial charge in [-0.15, -0.1) is 0 Å². The van der Waals surface area contributed by atoms with Crippen molar-refractivity contribution in [3.63, 3.8) is 0 Å². The number of hydrogen-bond donors (Lipinski definition) is 2. The van der Waals surface area contributed by atoms with Gasteiger partial charge < -0.3 is 20.2 Å². The monoisotopic (exact) mass is 459 g/mol. The highest BCUT2D eigenvalue weighted by Crippen LogP contribution is 2.55. The van der Waals surface area contributed by atoms with Crippen molar-refractivity contribution in [1.29, 1.82) is 0 Å². The van der Waals surface area contributed by atoms with Gasteiger partial charge in [0.25, 0.3) is 11.6 Å². The summed E-state index contributed by atoms with van der Waals surface area (Å²) < 4.78 is 12.3. The zero-order valence-electron chi connectivity index (χ0n) is 18.2. The van der Waals surface area contributed by atoms with Crippen molar-refractivity contribution in [2.24, 2.45) is 0 Å². The third-order valence-corrected chi connectivity index (χ3v) is 6.80. The van der Waals surface area contributed by atoms with Crippen LogP contribution in [0.1, 0.15) is 35.2 Å². The predicted octanol–water partition coefficient (Wildman–Crippen LogP) is 5.01. The molecule has 0 bridgehead atoms. The Hall–Kier alpha value is -3.48. The first-order valence-corrected chi connectivity index (χ1v) is 11.3. The summed E-state index contributed by atoms with van der Waals surface area (Å²) in [5.74, 6) is 0.917. The van der Waals surface area contributed by atoms with Gasteiger partial charge in [-0.05, 0) is 54.0 Å². The molecule has 3 aromatic carbocycles. The third-order valence-electron chi connectivity index (χ3n) is 6.55. The number of ether oxygens (including phenoxy) is 2. The summed E-state index contributed by atoms with van der Waals surface area (Å²) in [5.41, 5.74) is 7.50. The van der Waals surface area contributed by atoms with Crippen LogP contribution >= 0.6 is 11.6 Å². The van der Waals surface area contributed by atoms with Crippen LogP contribution < -0.4 is 20.2 Å². The van der Waals surface area contributed by atoms with Crippen LogP contribution in [0.25, 0.3) is 5.70 Å². The SMILES string of the molecule is CCc1ccc2c(c1)C1(Oc3c(OC)cccc3C3C=C(c4ccc(Cl)cc4)NN31)C(=O)N2. The lowest BCUT2D eigenvalue weighted by molar-refractivity contribution is -0.166. The molecule has 6 nitrogen and oxygen atoms in total. The normalized spacial score (nSPS) is 22.6. The van der Waals surface area contributed by atoms with Gasteiger partial charge in [-0.25, -0.2) is 0 Å². The van der Waals surface area contributed by atoms with Crippen molar-refractivity contribution >= 4 is 28.9 Å². The highest BCUT2D eigenvalue weighted by Gasteiger charge is 2.61. The van der Waals surface area contributed by atoms with Crippen LogP contribution in [0.15, 0.2) is 66.7 Å². The smallest absolute Gasteiger partial charge is 0.291 e. The van der Waals surface area contributed by atoms with E-state index in [2.05, 4.69) is 23.7 Å². The zero-order chi connectivity index (χ0) is 22.7. The second-order valence-electron chi connectivity index (χ2n) is 8.33. The molecule has 2 unspecified atom stereocenters. The molecule has 0 aromatic heterocycles. The molecule has 3 aliphatic heterocycles. The fourth-order valence-corrected chi connectivity index (χ4v) is 4.99. The lowest BCUT2D eigenvalue weighted by Gasteiger charge is -2.45. The second kappa shape index (κ2) is 7.27. The summed E-state index contributed by atoms with van der Waals surface area (Å²) in [6.07, 6.45) is 2.96. The lowest BCUT2D eigenvalue weighted by Crippen LogP contribution is -2.60. The number of benzene rings is 3. The highest BCUT2D eigenvalue weighted by molar-refractivity contribution is 6.30. The van der Waals surface area contributed by atoms with E-state index in [4.69, 9.17) is 21.1 Å². The number of halogens is 1. The Kier molecular flexibility index (Phi) is 4.44. The van der Waals surface area contributed by atoms with E-state index in [0.29, 0.717) is 16.5 Å². The van der Waals surface area contributed by atoms with Gasteiger partial charge in [-0.1, -0.05) is 48.9 Å². The number of hydrazine groups is 1. The standard InChI is InChI=1S/C26H22ClN3O3/c1-3-15-7-12-20-19(13-15)26(25(31)28-20)30-22(18-5-4-6-23(32-2)24(18)33-26)14-21(29-30)16-8-10-17(27)11-9-16/h4-14,22,29H,3H2,1-2H3,(H,28,31). The topological polar surface area (TPSA) is 62.8 Å². The number of anilines is 1. The number of nitrogens with zero attached hydrogens (tertiary/aromatic N) is 1. The van der Waals surface area contributed by atoms with Gasteiger partial charge in [0.2, 0.25) is 0 Å². The molecule has 6 rings (SSSR count). The van der Waals surface area contributed by atoms with Crippen molar-refractivity contribution < 1.29 is 14.3 Å². The number of carbonyl (C=O) groups excluding carboxylic acids is 1. The van der Waals surface area contributed by atoms with Crippen molar-refractivity contribution in [3.8, 4) is 11.5 Å². The van der Waals surface area contributed by atoms with Gasteiger partial charge >= 0.3 is 0 Å². The minimum absolute atomic E-state index is 0.245. The number of rotatable bonds is 3. The van der Waals surface area contributed by atoms with Crippen molar-refractivity contribution in [3.05, 3.63) is 94.0 Å². The van der Waals surface area contributed by atoms with E-state index in [1.807, 2.05) is 65.7 Å². The Labute approximate surface area is 196 Å². The first-order valence-electron chi connectivity index (χ1n) is 10.9. The Morgan fingerprint density at radius 1 is 1.15 bits per heavy atom. The van der Waals surface area contributed by atoms with Gasteiger partial charge in [0.05, 0.1) is 24.5 Å². The number of amides is 1. The Morgan fingerprint density at radius 2 is 1.97 bits per heavy atom. The Bertz CT molecular complexity index is 1320. The van der Waals surface area contributed by atoms with Gasteiger partial charge in [0, 0.05) is 16.1 Å². The van der Waals surface area contributed by atoms with Gasteiger partial charge in [0.15, 0.2) is 11.5 Å². The van der Waals surface area contributed by atoms with Crippen LogP contribution in [0.2, 0.25) is 5.02 Å². The number of aryl methyl sites for hydroxylation is 1. The first-order chi connectivity index (χ1) is 16.0. The van der Waals surface area contributed by atoms with Gasteiger partial charge in [-0.3, -0.25) is 4.79 Å². The maximum absolute atomic E-state index is 13.6. The molecule has 3 heterocycles. The van der Waals surface area contributed by atoms with E-state index in [1.54, 1.807) is 7.11 Å². The summed E-state index contributed by atoms with van der Waals surface area (Å²) in [6.45, 7) is 2.09. The molecular weight excluding hydrogens is 438 g/mol. The molecule has 3 aliphatic rings. The molecule has 3 aromatic rings. The number of hydrogen-bond acceptors (Lipinski definition) is 5. The average molecular weight is 460 g/mol. The molecular formula is C26H22ClN3O3. The molecule has 0 saturated heterocycles. The van der Waals surface area contributed by atoms with E-state index in [0.717, 1.165) is 40.1 Å². The number of fused-ring (bicyclic) bond motifs is 6. The molecule has 0 aliphatic carbocycles. The number of carbonyl (C=O) groups is 1. The van der Waals surface area contributed by atoms with E-state index >= 15 is 0 Å². The van der Waals surface area contributed by atoms with E-state index in [-0.39, 0.29) is 11.9 Å². The number of methoxy groups -OCH3 is 1. The number of para-hydroxylation sites is 1. The molecule has 1 amide bonds. The minimum Gasteiger partial charge on any atom is -0.493 e. The summed E-state index contributed by atoms with van der Waals surface area (Å²) in [5, 5.41) is 5.60. The summed E-state index contributed by atoms with van der Waals surface area (Å²) in [7, 11) is 1.61. The van der Waals surface area contributed by atoms with Gasteiger partial charge in [0.1, 0.15) is 0 Å². The summed E-state index contributed by atoms with van der Waals surface area (Å²) in [6, 6.07) is 19.2.